The normalized spacial score (nSPS) is 38.0. The van der Waals surface area contributed by atoms with Crippen LogP contribution in [0, 0.1) is 0 Å². The first kappa shape index (κ1) is 47.4. The Kier molecular flexibility index (Phi) is 13.8. The molecule has 0 spiro atoms. The minimum atomic E-state index is -2.11. The number of rotatable bonds is 15. The van der Waals surface area contributed by atoms with Gasteiger partial charge in [-0.15, -0.1) is 0 Å². The van der Waals surface area contributed by atoms with Crippen LogP contribution in [0.25, 0.3) is 22.1 Å². The van der Waals surface area contributed by atoms with Gasteiger partial charge in [-0.25, -0.2) is 0 Å². The lowest BCUT2D eigenvalue weighted by molar-refractivity contribution is -0.358. The number of aliphatic hydroxyl groups is 11. The minimum absolute atomic E-state index is 0.0125. The summed E-state index contributed by atoms with van der Waals surface area (Å²) in [5.41, 5.74) is -4.18. The molecule has 16 atom stereocenters. The summed E-state index contributed by atoms with van der Waals surface area (Å²) in [5, 5.41) is 117. The van der Waals surface area contributed by atoms with Crippen molar-refractivity contribution in [2.45, 2.75) is 97.4 Å². The smallest absolute Gasteiger partial charge is 0.231 e. The lowest BCUT2D eigenvalue weighted by Crippen LogP contribution is -2.65. The number of benzene rings is 2. The van der Waals surface area contributed by atoms with E-state index >= 15 is 0 Å². The van der Waals surface area contributed by atoms with Crippen LogP contribution in [0.2, 0.25) is 0 Å². The summed E-state index contributed by atoms with van der Waals surface area (Å²) in [6, 6.07) is 6.13. The van der Waals surface area contributed by atoms with Crippen LogP contribution in [0.1, 0.15) is 0 Å². The van der Waals surface area contributed by atoms with E-state index in [1.54, 1.807) is 18.2 Å². The van der Waals surface area contributed by atoms with Crippen LogP contribution in [0.4, 0.5) is 0 Å². The van der Waals surface area contributed by atoms with E-state index in [9.17, 15) is 61.0 Å². The van der Waals surface area contributed by atoms with Gasteiger partial charge in [0, 0.05) is 6.07 Å². The van der Waals surface area contributed by atoms with Crippen LogP contribution in [0.3, 0.4) is 0 Å². The first-order valence-corrected chi connectivity index (χ1v) is 20.2. The van der Waals surface area contributed by atoms with E-state index in [1.165, 1.54) is 26.5 Å². The highest BCUT2D eigenvalue weighted by atomic mass is 16.8. The Morgan fingerprint density at radius 3 is 1.91 bits per heavy atom. The molecule has 6 heterocycles. The Hall–Kier alpha value is -4.07. The topological polar surface area (TPSA) is 364 Å². The van der Waals surface area contributed by atoms with Crippen molar-refractivity contribution in [3.63, 3.8) is 0 Å². The number of fused-ring (bicyclic) bond motifs is 2. The second-order valence-electron chi connectivity index (χ2n) is 16.1. The largest absolute Gasteiger partial charge is 0.492 e. The molecule has 3 aromatic rings. The molecule has 0 amide bonds. The van der Waals surface area contributed by atoms with E-state index in [1.807, 2.05) is 0 Å². The maximum absolute atomic E-state index is 14.0. The Morgan fingerprint density at radius 2 is 1.29 bits per heavy atom. The van der Waals surface area contributed by atoms with Gasteiger partial charge in [0.25, 0.3) is 0 Å². The van der Waals surface area contributed by atoms with E-state index in [4.69, 9.17) is 61.3 Å². The fourth-order valence-electron chi connectivity index (χ4n) is 7.95. The molecular formula is C40H50O25. The van der Waals surface area contributed by atoms with Crippen LogP contribution in [0.5, 0.6) is 28.7 Å². The Morgan fingerprint density at radius 1 is 0.692 bits per heavy atom. The highest BCUT2D eigenvalue weighted by Crippen LogP contribution is 2.45. The van der Waals surface area contributed by atoms with Crippen molar-refractivity contribution >= 4 is 11.0 Å². The van der Waals surface area contributed by atoms with Gasteiger partial charge in [-0.3, -0.25) is 4.79 Å². The molecule has 4 fully saturated rings. The molecule has 0 radical (unpaired) electrons. The van der Waals surface area contributed by atoms with E-state index in [0.717, 1.165) is 0 Å². The lowest BCUT2D eigenvalue weighted by Gasteiger charge is -2.46. The number of ether oxygens (including phenoxy) is 12. The number of aliphatic hydroxyl groups excluding tert-OH is 9. The van der Waals surface area contributed by atoms with E-state index in [2.05, 4.69) is 0 Å². The Labute approximate surface area is 366 Å². The molecule has 5 aliphatic heterocycles. The molecule has 0 saturated carbocycles. The summed E-state index contributed by atoms with van der Waals surface area (Å²) in [4.78, 5) is 14.0. The zero-order valence-corrected chi connectivity index (χ0v) is 34.6. The quantitative estimate of drug-likeness (QED) is 0.0681. The average Bonchev–Trinajstić information content (AvgIpc) is 3.99. The first-order valence-electron chi connectivity index (χ1n) is 20.2. The van der Waals surface area contributed by atoms with Crippen molar-refractivity contribution in [3.05, 3.63) is 40.8 Å². The van der Waals surface area contributed by atoms with Crippen molar-refractivity contribution in [2.24, 2.45) is 0 Å². The van der Waals surface area contributed by atoms with Crippen molar-refractivity contribution in [2.75, 3.05) is 60.7 Å². The molecule has 360 valence electrons. The van der Waals surface area contributed by atoms with E-state index < -0.39 is 142 Å². The second-order valence-corrected chi connectivity index (χ2v) is 16.1. The zero-order chi connectivity index (χ0) is 46.5. The molecule has 0 aliphatic carbocycles. The van der Waals surface area contributed by atoms with Gasteiger partial charge in [-0.2, -0.15) is 0 Å². The van der Waals surface area contributed by atoms with Gasteiger partial charge in [0.05, 0.1) is 59.4 Å². The van der Waals surface area contributed by atoms with Crippen LogP contribution < -0.4 is 29.1 Å². The first-order chi connectivity index (χ1) is 31.1. The van der Waals surface area contributed by atoms with Gasteiger partial charge in [0.1, 0.15) is 89.5 Å². The number of hydrogen-bond acceptors (Lipinski definition) is 25. The molecule has 25 heteroatoms. The van der Waals surface area contributed by atoms with Gasteiger partial charge in [-0.05, 0) is 17.7 Å². The molecule has 5 aliphatic rings. The summed E-state index contributed by atoms with van der Waals surface area (Å²) in [5.74, 6) is 0.367. The highest BCUT2D eigenvalue weighted by molar-refractivity contribution is 5.91. The van der Waals surface area contributed by atoms with Crippen molar-refractivity contribution in [3.8, 4) is 39.9 Å². The molecule has 8 rings (SSSR count). The summed E-state index contributed by atoms with van der Waals surface area (Å²) >= 11 is 0. The average molecular weight is 931 g/mol. The summed E-state index contributed by atoms with van der Waals surface area (Å²) in [6.07, 6.45) is -24.0. The predicted octanol–water partition coefficient (Wildman–Crippen LogP) is -4.86. The monoisotopic (exact) mass is 930 g/mol. The highest BCUT2D eigenvalue weighted by Gasteiger charge is 2.54. The maximum Gasteiger partial charge on any atom is 0.231 e. The maximum atomic E-state index is 14.0. The van der Waals surface area contributed by atoms with Gasteiger partial charge in [0.15, 0.2) is 41.9 Å². The van der Waals surface area contributed by atoms with Crippen LogP contribution in [-0.4, -0.2) is 214 Å². The third kappa shape index (κ3) is 8.71. The molecule has 65 heavy (non-hydrogen) atoms. The van der Waals surface area contributed by atoms with Crippen molar-refractivity contribution in [1.29, 1.82) is 0 Å². The zero-order valence-electron chi connectivity index (χ0n) is 34.6. The molecular weight excluding hydrogens is 880 g/mol. The summed E-state index contributed by atoms with van der Waals surface area (Å²) < 4.78 is 73.5. The second kappa shape index (κ2) is 18.9. The van der Waals surface area contributed by atoms with Crippen molar-refractivity contribution in [1.82, 2.24) is 0 Å². The molecule has 11 N–H and O–H groups in total. The molecule has 1 aromatic heterocycles. The van der Waals surface area contributed by atoms with Gasteiger partial charge >= 0.3 is 0 Å². The van der Waals surface area contributed by atoms with E-state index in [-0.39, 0.29) is 40.6 Å². The van der Waals surface area contributed by atoms with Gasteiger partial charge in [-0.1, -0.05) is 6.07 Å². The minimum Gasteiger partial charge on any atom is -0.492 e. The number of hydrogen-bond donors (Lipinski definition) is 11. The molecule has 0 unspecified atom stereocenters. The SMILES string of the molecule is COc1c(O[C@H]2O[C@@H](CO[C@@H]3OC[C@](O)(CO)[C@H]3O)[C@H](O[C@@H]3O[C@H](CO[C@@H]4OC[C@@](O)(CO)[C@@H]4O)[C@@H](O)[C@H](O)[C@@H]3O)[C@@H](O)[C@@H]2O)cc2occ(-c3ccc4c(c3)OCO4)c(=O)c2c1OC. The number of methoxy groups -OCH3 is 2. The van der Waals surface area contributed by atoms with Crippen LogP contribution in [-0.2, 0) is 33.2 Å². The summed E-state index contributed by atoms with van der Waals surface area (Å²) in [7, 11) is 2.50. The standard InChI is InChI=1S/C40H50O25/c1-53-31-20(6-19-23(32(31)54-2)24(43)16(7-55-19)15-3-4-17-18(5-15)61-14-60-17)62-35-29(48)27(46)30(22(64-35)9-57-38-34(50)40(52,11-42)13-59-38)65-36-28(47)26(45)25(44)21(63-36)8-56-37-33(49)39(51,10-41)12-58-37/h3-7,21-22,25-30,33-38,41-42,44-52H,8-14H2,1-2H3/t21-,22+,25-,26+,27+,28+,29+,30+,33-,34+,35+,36+,37-,38-,39+,40-/m1/s1. The predicted molar refractivity (Wildman–Crippen MR) is 207 cm³/mol. The van der Waals surface area contributed by atoms with Crippen LogP contribution in [0.15, 0.2) is 39.7 Å². The summed E-state index contributed by atoms with van der Waals surface area (Å²) in [6.45, 7) is -4.15. The molecule has 2 aromatic carbocycles. The molecule has 25 nitrogen and oxygen atoms in total. The molecule has 0 bridgehead atoms. The van der Waals surface area contributed by atoms with Gasteiger partial charge in [0.2, 0.25) is 24.3 Å². The third-order valence-corrected chi connectivity index (χ3v) is 11.9. The fourth-order valence-corrected chi connectivity index (χ4v) is 7.95. The fraction of sp³-hybridized carbons (Fsp3) is 0.625. The van der Waals surface area contributed by atoms with Crippen molar-refractivity contribution < 1.29 is 117 Å². The van der Waals surface area contributed by atoms with Crippen LogP contribution >= 0.6 is 0 Å². The third-order valence-electron chi connectivity index (χ3n) is 11.9. The lowest BCUT2D eigenvalue weighted by atomic mass is 9.96. The van der Waals surface area contributed by atoms with Gasteiger partial charge < -0.3 is 117 Å². The molecule has 4 saturated heterocycles. The Bertz CT molecular complexity index is 2210. The van der Waals surface area contributed by atoms with E-state index in [0.29, 0.717) is 17.1 Å². The Balaban J connectivity index is 1.05.